The third-order valence-corrected chi connectivity index (χ3v) is 5.08. The lowest BCUT2D eigenvalue weighted by Crippen LogP contribution is -2.49. The van der Waals surface area contributed by atoms with Crippen LogP contribution in [0.4, 0.5) is 4.79 Å². The Morgan fingerprint density at radius 2 is 1.87 bits per heavy atom. The Morgan fingerprint density at radius 1 is 1.13 bits per heavy atom. The molecule has 0 bridgehead atoms. The first kappa shape index (κ1) is 22.5. The van der Waals surface area contributed by atoms with Crippen molar-refractivity contribution in [2.75, 3.05) is 26.9 Å². The van der Waals surface area contributed by atoms with Gasteiger partial charge in [0, 0.05) is 11.6 Å². The number of hydrogen-bond donors (Lipinski definition) is 1. The summed E-state index contributed by atoms with van der Waals surface area (Å²) >= 11 is 6.05. The molecule has 1 atom stereocenters. The van der Waals surface area contributed by atoms with Crippen LogP contribution in [0.3, 0.4) is 0 Å². The summed E-state index contributed by atoms with van der Waals surface area (Å²) in [5, 5.41) is 3.44. The van der Waals surface area contributed by atoms with Crippen molar-refractivity contribution in [3.63, 3.8) is 0 Å². The van der Waals surface area contributed by atoms with Crippen LogP contribution in [-0.4, -0.2) is 43.8 Å². The normalized spacial score (nSPS) is 16.1. The molecule has 2 amide bonds. The number of carbonyl (C=O) groups is 2. The standard InChI is InChI=1S/C23H25ClN2O5/c1-4-26-19(14-31-18-11-7-9-16(24)13-18)20(22(27)30-5-2)21(25-23(26)28)15-8-6-10-17(12-15)29-3/h6-13,21H,4-5,14H2,1-3H3,(H,25,28)/t21-/m0/s1. The van der Waals surface area contributed by atoms with Gasteiger partial charge in [-0.1, -0.05) is 29.8 Å². The summed E-state index contributed by atoms with van der Waals surface area (Å²) < 4.78 is 16.5. The molecule has 1 aliphatic rings. The highest BCUT2D eigenvalue weighted by Gasteiger charge is 2.38. The van der Waals surface area contributed by atoms with E-state index in [0.717, 1.165) is 0 Å². The highest BCUT2D eigenvalue weighted by molar-refractivity contribution is 6.30. The Hall–Kier alpha value is -3.19. The van der Waals surface area contributed by atoms with E-state index in [-0.39, 0.29) is 19.2 Å². The smallest absolute Gasteiger partial charge is 0.338 e. The molecule has 1 aliphatic heterocycles. The van der Waals surface area contributed by atoms with E-state index in [2.05, 4.69) is 5.32 Å². The molecule has 0 saturated carbocycles. The Bertz CT molecular complexity index is 991. The molecule has 0 unspecified atom stereocenters. The largest absolute Gasteiger partial charge is 0.497 e. The van der Waals surface area contributed by atoms with Crippen LogP contribution in [0.25, 0.3) is 0 Å². The Morgan fingerprint density at radius 3 is 2.55 bits per heavy atom. The van der Waals surface area contributed by atoms with Crippen LogP contribution in [0.5, 0.6) is 11.5 Å². The molecule has 2 aromatic carbocycles. The maximum Gasteiger partial charge on any atom is 0.338 e. The van der Waals surface area contributed by atoms with Gasteiger partial charge in [-0.15, -0.1) is 0 Å². The number of nitrogens with zero attached hydrogens (tertiary/aromatic N) is 1. The molecule has 3 rings (SSSR count). The van der Waals surface area contributed by atoms with Gasteiger partial charge in [0.1, 0.15) is 18.1 Å². The zero-order valence-corrected chi connectivity index (χ0v) is 18.4. The fraction of sp³-hybridized carbons (Fsp3) is 0.304. The summed E-state index contributed by atoms with van der Waals surface area (Å²) in [5.41, 5.74) is 1.46. The zero-order valence-electron chi connectivity index (χ0n) is 17.7. The first-order valence-electron chi connectivity index (χ1n) is 9.99. The second-order valence-electron chi connectivity index (χ2n) is 6.73. The average molecular weight is 445 g/mol. The molecule has 0 radical (unpaired) electrons. The lowest BCUT2D eigenvalue weighted by molar-refractivity contribution is -0.139. The number of likely N-dealkylation sites (N-methyl/N-ethyl adjacent to an activating group) is 1. The third-order valence-electron chi connectivity index (χ3n) is 4.85. The number of nitrogens with one attached hydrogen (secondary N) is 1. The van der Waals surface area contributed by atoms with E-state index in [4.69, 9.17) is 25.8 Å². The maximum atomic E-state index is 13.0. The number of carbonyl (C=O) groups excluding carboxylic acids is 2. The number of ether oxygens (including phenoxy) is 3. The first-order valence-corrected chi connectivity index (χ1v) is 10.4. The summed E-state index contributed by atoms with van der Waals surface area (Å²) in [6.07, 6.45) is 0. The summed E-state index contributed by atoms with van der Waals surface area (Å²) in [5.74, 6) is 0.631. The summed E-state index contributed by atoms with van der Waals surface area (Å²) in [7, 11) is 1.56. The molecule has 7 nitrogen and oxygen atoms in total. The van der Waals surface area contributed by atoms with E-state index in [0.29, 0.717) is 39.9 Å². The van der Waals surface area contributed by atoms with Crippen molar-refractivity contribution in [1.29, 1.82) is 0 Å². The number of methoxy groups -OCH3 is 1. The molecule has 1 N–H and O–H groups in total. The molecule has 31 heavy (non-hydrogen) atoms. The second-order valence-corrected chi connectivity index (χ2v) is 7.17. The molecule has 0 saturated heterocycles. The molecule has 164 valence electrons. The molecule has 0 fully saturated rings. The van der Waals surface area contributed by atoms with Crippen LogP contribution in [-0.2, 0) is 9.53 Å². The van der Waals surface area contributed by atoms with Crippen molar-refractivity contribution in [3.8, 4) is 11.5 Å². The SMILES string of the molecule is CCOC(=O)C1=C(COc2cccc(Cl)c2)N(CC)C(=O)N[C@H]1c1cccc(OC)c1. The van der Waals surface area contributed by atoms with Crippen LogP contribution in [0, 0.1) is 0 Å². The predicted octanol–water partition coefficient (Wildman–Crippen LogP) is 4.33. The molecule has 1 heterocycles. The van der Waals surface area contributed by atoms with Crippen LogP contribution in [0.1, 0.15) is 25.5 Å². The molecule has 0 aliphatic carbocycles. The van der Waals surface area contributed by atoms with Gasteiger partial charge in [-0.3, -0.25) is 4.90 Å². The number of benzene rings is 2. The van der Waals surface area contributed by atoms with E-state index < -0.39 is 12.0 Å². The van der Waals surface area contributed by atoms with Gasteiger partial charge in [0.2, 0.25) is 0 Å². The summed E-state index contributed by atoms with van der Waals surface area (Å²) in [6.45, 7) is 4.12. The minimum absolute atomic E-state index is 0.00375. The van der Waals surface area contributed by atoms with Crippen molar-refractivity contribution in [2.45, 2.75) is 19.9 Å². The van der Waals surface area contributed by atoms with E-state index in [1.165, 1.54) is 4.90 Å². The van der Waals surface area contributed by atoms with E-state index in [1.807, 2.05) is 13.0 Å². The molecule has 8 heteroatoms. The Kier molecular flexibility index (Phi) is 7.41. The van der Waals surface area contributed by atoms with Crippen LogP contribution in [0.2, 0.25) is 5.02 Å². The highest BCUT2D eigenvalue weighted by atomic mass is 35.5. The fourth-order valence-electron chi connectivity index (χ4n) is 3.42. The summed E-state index contributed by atoms with van der Waals surface area (Å²) in [6, 6.07) is 13.1. The zero-order chi connectivity index (χ0) is 22.4. The number of hydrogen-bond acceptors (Lipinski definition) is 5. The highest BCUT2D eigenvalue weighted by Crippen LogP contribution is 2.33. The van der Waals surface area contributed by atoms with Crippen molar-refractivity contribution in [2.24, 2.45) is 0 Å². The van der Waals surface area contributed by atoms with Gasteiger partial charge in [0.05, 0.1) is 31.0 Å². The molecule has 0 spiro atoms. The fourth-order valence-corrected chi connectivity index (χ4v) is 3.60. The topological polar surface area (TPSA) is 77.1 Å². The van der Waals surface area contributed by atoms with Crippen molar-refractivity contribution < 1.29 is 23.8 Å². The van der Waals surface area contributed by atoms with Gasteiger partial charge >= 0.3 is 12.0 Å². The number of amides is 2. The Balaban J connectivity index is 2.08. The summed E-state index contributed by atoms with van der Waals surface area (Å²) in [4.78, 5) is 27.4. The predicted molar refractivity (Wildman–Crippen MR) is 117 cm³/mol. The molecular weight excluding hydrogens is 420 g/mol. The van der Waals surface area contributed by atoms with Gasteiger partial charge in [0.15, 0.2) is 0 Å². The molecule has 0 aromatic heterocycles. The van der Waals surface area contributed by atoms with Crippen LogP contribution < -0.4 is 14.8 Å². The molecule has 2 aromatic rings. The van der Waals surface area contributed by atoms with Crippen molar-refractivity contribution in [1.82, 2.24) is 10.2 Å². The number of urea groups is 1. The van der Waals surface area contributed by atoms with E-state index in [1.54, 1.807) is 56.5 Å². The lowest BCUT2D eigenvalue weighted by atomic mass is 9.94. The number of esters is 1. The lowest BCUT2D eigenvalue weighted by Gasteiger charge is -2.36. The first-order chi connectivity index (χ1) is 15.0. The quantitative estimate of drug-likeness (QED) is 0.613. The second kappa shape index (κ2) is 10.2. The monoisotopic (exact) mass is 444 g/mol. The van der Waals surface area contributed by atoms with Gasteiger partial charge in [-0.2, -0.15) is 0 Å². The van der Waals surface area contributed by atoms with Gasteiger partial charge < -0.3 is 19.5 Å². The maximum absolute atomic E-state index is 13.0. The van der Waals surface area contributed by atoms with Crippen molar-refractivity contribution >= 4 is 23.6 Å². The minimum atomic E-state index is -0.706. The van der Waals surface area contributed by atoms with E-state index >= 15 is 0 Å². The van der Waals surface area contributed by atoms with Gasteiger partial charge in [0.25, 0.3) is 0 Å². The van der Waals surface area contributed by atoms with E-state index in [9.17, 15) is 9.59 Å². The van der Waals surface area contributed by atoms with Crippen LogP contribution >= 0.6 is 11.6 Å². The van der Waals surface area contributed by atoms with Gasteiger partial charge in [-0.25, -0.2) is 9.59 Å². The van der Waals surface area contributed by atoms with Gasteiger partial charge in [-0.05, 0) is 49.7 Å². The average Bonchev–Trinajstić information content (AvgIpc) is 2.77. The van der Waals surface area contributed by atoms with Crippen LogP contribution in [0.15, 0.2) is 59.8 Å². The third kappa shape index (κ3) is 5.11. The number of rotatable bonds is 8. The Labute approximate surface area is 186 Å². The van der Waals surface area contributed by atoms with Crippen molar-refractivity contribution in [3.05, 3.63) is 70.4 Å². The minimum Gasteiger partial charge on any atom is -0.497 e. The number of halogens is 1. The molecular formula is C23H25ClN2O5.